The van der Waals surface area contributed by atoms with Crippen LogP contribution in [0.25, 0.3) is 0 Å². The van der Waals surface area contributed by atoms with Gasteiger partial charge in [0.2, 0.25) is 0 Å². The largest absolute Gasteiger partial charge is 0.490 e. The zero-order valence-electron chi connectivity index (χ0n) is 7.43. The SMILES string of the molecule is CC#CCCOc1ccc[c]c1F. The van der Waals surface area contributed by atoms with Crippen molar-refractivity contribution in [1.29, 1.82) is 0 Å². The number of benzene rings is 1. The van der Waals surface area contributed by atoms with Crippen LogP contribution in [0.3, 0.4) is 0 Å². The monoisotopic (exact) mass is 177 g/mol. The summed E-state index contributed by atoms with van der Waals surface area (Å²) < 4.78 is 18.0. The van der Waals surface area contributed by atoms with Gasteiger partial charge < -0.3 is 4.74 Å². The van der Waals surface area contributed by atoms with Gasteiger partial charge in [-0.15, -0.1) is 11.8 Å². The van der Waals surface area contributed by atoms with E-state index in [2.05, 4.69) is 17.9 Å². The lowest BCUT2D eigenvalue weighted by molar-refractivity contribution is 0.309. The molecule has 0 fully saturated rings. The molecule has 0 amide bonds. The zero-order valence-corrected chi connectivity index (χ0v) is 7.43. The van der Waals surface area contributed by atoms with E-state index < -0.39 is 5.82 Å². The molecule has 1 radical (unpaired) electrons. The fourth-order valence-corrected chi connectivity index (χ4v) is 0.850. The normalized spacial score (nSPS) is 8.77. The van der Waals surface area contributed by atoms with Gasteiger partial charge in [0.05, 0.1) is 6.61 Å². The van der Waals surface area contributed by atoms with Crippen LogP contribution in [-0.4, -0.2) is 6.61 Å². The molecule has 0 aliphatic carbocycles. The summed E-state index contributed by atoms with van der Waals surface area (Å²) in [6.07, 6.45) is 0.616. The molecule has 0 unspecified atom stereocenters. The average molecular weight is 177 g/mol. The summed E-state index contributed by atoms with van der Waals surface area (Å²) >= 11 is 0. The van der Waals surface area contributed by atoms with Crippen LogP contribution in [0, 0.1) is 23.7 Å². The minimum Gasteiger partial charge on any atom is -0.490 e. The Kier molecular flexibility index (Phi) is 3.84. The minimum atomic E-state index is -0.452. The topological polar surface area (TPSA) is 9.23 Å². The molecular formula is C11H10FO. The fourth-order valence-electron chi connectivity index (χ4n) is 0.850. The van der Waals surface area contributed by atoms with Gasteiger partial charge in [-0.25, -0.2) is 4.39 Å². The number of hydrogen-bond acceptors (Lipinski definition) is 1. The van der Waals surface area contributed by atoms with Gasteiger partial charge in [0, 0.05) is 12.5 Å². The van der Waals surface area contributed by atoms with Gasteiger partial charge in [-0.2, -0.15) is 0 Å². The van der Waals surface area contributed by atoms with E-state index in [4.69, 9.17) is 4.74 Å². The molecule has 1 rings (SSSR count). The predicted octanol–water partition coefficient (Wildman–Crippen LogP) is 2.42. The molecule has 0 bridgehead atoms. The van der Waals surface area contributed by atoms with Crippen molar-refractivity contribution < 1.29 is 9.13 Å². The van der Waals surface area contributed by atoms with Crippen molar-refractivity contribution in [2.75, 3.05) is 6.61 Å². The molecule has 0 saturated carbocycles. The molecule has 0 aromatic heterocycles. The molecule has 0 saturated heterocycles. The van der Waals surface area contributed by atoms with Crippen molar-refractivity contribution in [2.45, 2.75) is 13.3 Å². The van der Waals surface area contributed by atoms with E-state index in [1.54, 1.807) is 19.1 Å². The molecule has 0 N–H and O–H groups in total. The van der Waals surface area contributed by atoms with Gasteiger partial charge in [-0.05, 0) is 13.0 Å². The van der Waals surface area contributed by atoms with E-state index in [1.807, 2.05) is 0 Å². The summed E-state index contributed by atoms with van der Waals surface area (Å²) in [5, 5.41) is 0. The maximum Gasteiger partial charge on any atom is 0.172 e. The number of hydrogen-bond donors (Lipinski definition) is 0. The molecule has 13 heavy (non-hydrogen) atoms. The summed E-state index contributed by atoms with van der Waals surface area (Å²) in [7, 11) is 0. The van der Waals surface area contributed by atoms with Crippen molar-refractivity contribution in [3.8, 4) is 17.6 Å². The maximum atomic E-state index is 12.9. The molecule has 1 aromatic rings. The lowest BCUT2D eigenvalue weighted by Gasteiger charge is -2.03. The first kappa shape index (κ1) is 9.60. The molecule has 0 aliphatic heterocycles. The number of rotatable bonds is 3. The smallest absolute Gasteiger partial charge is 0.172 e. The summed E-state index contributed by atoms with van der Waals surface area (Å²) in [4.78, 5) is 0. The van der Waals surface area contributed by atoms with E-state index in [-0.39, 0.29) is 5.75 Å². The lowest BCUT2D eigenvalue weighted by atomic mass is 10.3. The number of ether oxygens (including phenoxy) is 1. The lowest BCUT2D eigenvalue weighted by Crippen LogP contribution is -1.97. The molecule has 67 valence electrons. The van der Waals surface area contributed by atoms with Crippen LogP contribution >= 0.6 is 0 Å². The second-order valence-electron chi connectivity index (χ2n) is 2.37. The standard InChI is InChI=1S/C11H10FO/c1-2-3-6-9-13-11-8-5-4-7-10(11)12/h4-5,8H,6,9H2,1H3. The van der Waals surface area contributed by atoms with Crippen LogP contribution in [0.2, 0.25) is 0 Å². The van der Waals surface area contributed by atoms with Crippen LogP contribution in [0.4, 0.5) is 4.39 Å². The average Bonchev–Trinajstić information content (AvgIpc) is 2.15. The Balaban J connectivity index is 2.44. The maximum absolute atomic E-state index is 12.9. The summed E-state index contributed by atoms with van der Waals surface area (Å²) in [6, 6.07) is 7.18. The highest BCUT2D eigenvalue weighted by Crippen LogP contribution is 2.14. The molecular weight excluding hydrogens is 167 g/mol. The predicted molar refractivity (Wildman–Crippen MR) is 48.8 cm³/mol. The highest BCUT2D eigenvalue weighted by Gasteiger charge is 1.99. The van der Waals surface area contributed by atoms with Crippen LogP contribution in [-0.2, 0) is 0 Å². The van der Waals surface area contributed by atoms with E-state index in [1.165, 1.54) is 6.07 Å². The van der Waals surface area contributed by atoms with Gasteiger partial charge in [0.25, 0.3) is 0 Å². The summed E-state index contributed by atoms with van der Waals surface area (Å²) in [5.41, 5.74) is 0. The first-order valence-electron chi connectivity index (χ1n) is 4.03. The highest BCUT2D eigenvalue weighted by molar-refractivity contribution is 5.22. The van der Waals surface area contributed by atoms with Crippen molar-refractivity contribution in [3.63, 3.8) is 0 Å². The van der Waals surface area contributed by atoms with E-state index in [0.717, 1.165) is 0 Å². The Labute approximate surface area is 77.5 Å². The van der Waals surface area contributed by atoms with E-state index >= 15 is 0 Å². The molecule has 2 heteroatoms. The third-order valence-corrected chi connectivity index (χ3v) is 1.43. The van der Waals surface area contributed by atoms with Crippen LogP contribution in [0.1, 0.15) is 13.3 Å². The first-order valence-corrected chi connectivity index (χ1v) is 4.03. The minimum absolute atomic E-state index is 0.236. The van der Waals surface area contributed by atoms with Gasteiger partial charge in [0.1, 0.15) is 0 Å². The van der Waals surface area contributed by atoms with Crippen LogP contribution in [0.15, 0.2) is 18.2 Å². The first-order chi connectivity index (χ1) is 6.34. The number of halogens is 1. The van der Waals surface area contributed by atoms with Crippen LogP contribution < -0.4 is 4.74 Å². The third kappa shape index (κ3) is 3.16. The van der Waals surface area contributed by atoms with Crippen molar-refractivity contribution >= 4 is 0 Å². The molecule has 0 atom stereocenters. The van der Waals surface area contributed by atoms with Crippen LogP contribution in [0.5, 0.6) is 5.75 Å². The quantitative estimate of drug-likeness (QED) is 0.509. The van der Waals surface area contributed by atoms with Crippen molar-refractivity contribution in [1.82, 2.24) is 0 Å². The Morgan fingerprint density at radius 2 is 2.46 bits per heavy atom. The summed E-state index contributed by atoms with van der Waals surface area (Å²) in [6.45, 7) is 2.17. The van der Waals surface area contributed by atoms with Gasteiger partial charge in [0.15, 0.2) is 11.6 Å². The molecule has 0 spiro atoms. The highest BCUT2D eigenvalue weighted by atomic mass is 19.1. The van der Waals surface area contributed by atoms with Gasteiger partial charge in [-0.3, -0.25) is 0 Å². The Hall–Kier alpha value is -1.49. The third-order valence-electron chi connectivity index (χ3n) is 1.43. The Morgan fingerprint density at radius 1 is 1.62 bits per heavy atom. The molecule has 0 heterocycles. The van der Waals surface area contributed by atoms with Gasteiger partial charge in [-0.1, -0.05) is 12.1 Å². The van der Waals surface area contributed by atoms with Crippen molar-refractivity contribution in [3.05, 3.63) is 30.1 Å². The Bertz CT molecular complexity index is 322. The summed E-state index contributed by atoms with van der Waals surface area (Å²) in [5.74, 6) is 5.35. The van der Waals surface area contributed by atoms with Crippen molar-refractivity contribution in [2.24, 2.45) is 0 Å². The second-order valence-corrected chi connectivity index (χ2v) is 2.37. The molecule has 1 aromatic carbocycles. The second kappa shape index (κ2) is 5.21. The molecule has 0 aliphatic rings. The Morgan fingerprint density at radius 3 is 3.15 bits per heavy atom. The van der Waals surface area contributed by atoms with E-state index in [0.29, 0.717) is 13.0 Å². The molecule has 1 nitrogen and oxygen atoms in total. The van der Waals surface area contributed by atoms with Gasteiger partial charge >= 0.3 is 0 Å². The zero-order chi connectivity index (χ0) is 9.52. The van der Waals surface area contributed by atoms with E-state index in [9.17, 15) is 4.39 Å². The fraction of sp³-hybridized carbons (Fsp3) is 0.273.